The molecular formula is C16H19N3O4S. The molecule has 0 saturated carbocycles. The van der Waals surface area contributed by atoms with Gasteiger partial charge in [-0.2, -0.15) is 0 Å². The van der Waals surface area contributed by atoms with Crippen molar-refractivity contribution >= 4 is 28.2 Å². The van der Waals surface area contributed by atoms with Gasteiger partial charge in [0.1, 0.15) is 5.56 Å². The van der Waals surface area contributed by atoms with Gasteiger partial charge in [0.2, 0.25) is 0 Å². The highest BCUT2D eigenvalue weighted by molar-refractivity contribution is 7.15. The molecule has 24 heavy (non-hydrogen) atoms. The maximum Gasteiger partial charge on any atom is 0.307 e. The molecule has 1 atom stereocenters. The summed E-state index contributed by atoms with van der Waals surface area (Å²) < 4.78 is 6.37. The summed E-state index contributed by atoms with van der Waals surface area (Å²) >= 11 is 1.34. The van der Waals surface area contributed by atoms with E-state index < -0.39 is 0 Å². The zero-order valence-corrected chi connectivity index (χ0v) is 14.3. The molecule has 0 radical (unpaired) electrons. The molecule has 0 bridgehead atoms. The van der Waals surface area contributed by atoms with Gasteiger partial charge in [-0.3, -0.25) is 18.8 Å². The van der Waals surface area contributed by atoms with Gasteiger partial charge in [-0.05, 0) is 26.2 Å². The predicted molar refractivity (Wildman–Crippen MR) is 89.3 cm³/mol. The first-order valence-corrected chi connectivity index (χ1v) is 8.91. The van der Waals surface area contributed by atoms with Gasteiger partial charge in [-0.25, -0.2) is 4.98 Å². The third-order valence-electron chi connectivity index (χ3n) is 4.17. The van der Waals surface area contributed by atoms with E-state index in [1.807, 2.05) is 0 Å². The van der Waals surface area contributed by atoms with E-state index in [9.17, 15) is 14.4 Å². The zero-order valence-electron chi connectivity index (χ0n) is 13.4. The minimum Gasteiger partial charge on any atom is -0.466 e. The van der Waals surface area contributed by atoms with Gasteiger partial charge < -0.3 is 9.64 Å². The van der Waals surface area contributed by atoms with Gasteiger partial charge in [-0.1, -0.05) is 0 Å². The Hall–Kier alpha value is -2.22. The van der Waals surface area contributed by atoms with E-state index in [-0.39, 0.29) is 35.5 Å². The Morgan fingerprint density at radius 2 is 2.25 bits per heavy atom. The Labute approximate surface area is 142 Å². The highest BCUT2D eigenvalue weighted by Gasteiger charge is 2.31. The van der Waals surface area contributed by atoms with Crippen LogP contribution in [0.1, 0.15) is 43.0 Å². The summed E-state index contributed by atoms with van der Waals surface area (Å²) in [7, 11) is 0. The normalized spacial score (nSPS) is 17.9. The number of carbonyl (C=O) groups excluding carboxylic acids is 2. The van der Waals surface area contributed by atoms with E-state index in [0.29, 0.717) is 18.1 Å². The second-order valence-electron chi connectivity index (χ2n) is 5.69. The van der Waals surface area contributed by atoms with Crippen molar-refractivity contribution in [2.75, 3.05) is 13.2 Å². The lowest BCUT2D eigenvalue weighted by atomic mass is 9.98. The first-order valence-electron chi connectivity index (χ1n) is 8.03. The number of nitrogens with zero attached hydrogens (tertiary/aromatic N) is 3. The van der Waals surface area contributed by atoms with Gasteiger partial charge in [-0.15, -0.1) is 11.3 Å². The number of carbonyl (C=O) groups is 2. The molecule has 8 heteroatoms. The molecule has 0 aliphatic carbocycles. The van der Waals surface area contributed by atoms with E-state index in [4.69, 9.17) is 4.74 Å². The standard InChI is InChI=1S/C16H19N3O4S/c1-2-23-13(20)9-11-5-3-4-6-18(11)14(21)12-10-17-16-19(15(12)22)7-8-24-16/h7-8,10-11H,2-6,9H2,1H3/t11-/m1/s1. The lowest BCUT2D eigenvalue weighted by Crippen LogP contribution is -2.46. The van der Waals surface area contributed by atoms with Gasteiger partial charge in [0.05, 0.1) is 13.0 Å². The van der Waals surface area contributed by atoms with Crippen LogP contribution in [-0.2, 0) is 9.53 Å². The Kier molecular flexibility index (Phi) is 4.94. The molecule has 0 aromatic carbocycles. The summed E-state index contributed by atoms with van der Waals surface area (Å²) in [6, 6.07) is -0.229. The molecule has 1 fully saturated rings. The molecule has 0 spiro atoms. The number of aromatic nitrogens is 2. The second kappa shape index (κ2) is 7.12. The topological polar surface area (TPSA) is 81.0 Å². The highest BCUT2D eigenvalue weighted by atomic mass is 32.1. The van der Waals surface area contributed by atoms with Crippen molar-refractivity contribution in [3.63, 3.8) is 0 Å². The van der Waals surface area contributed by atoms with Crippen molar-refractivity contribution in [2.24, 2.45) is 0 Å². The van der Waals surface area contributed by atoms with Crippen molar-refractivity contribution in [1.82, 2.24) is 14.3 Å². The Morgan fingerprint density at radius 3 is 3.04 bits per heavy atom. The number of piperidine rings is 1. The number of ether oxygens (including phenoxy) is 1. The van der Waals surface area contributed by atoms with Gasteiger partial charge >= 0.3 is 5.97 Å². The summed E-state index contributed by atoms with van der Waals surface area (Å²) in [5, 5.41) is 1.75. The fourth-order valence-electron chi connectivity index (χ4n) is 3.02. The summed E-state index contributed by atoms with van der Waals surface area (Å²) in [4.78, 5) is 43.5. The molecular weight excluding hydrogens is 330 g/mol. The van der Waals surface area contributed by atoms with Crippen molar-refractivity contribution in [2.45, 2.75) is 38.6 Å². The van der Waals surface area contributed by atoms with Gasteiger partial charge in [0.25, 0.3) is 11.5 Å². The zero-order chi connectivity index (χ0) is 17.1. The van der Waals surface area contributed by atoms with E-state index in [2.05, 4.69) is 4.98 Å². The van der Waals surface area contributed by atoms with Gasteiger partial charge in [0, 0.05) is 30.4 Å². The van der Waals surface area contributed by atoms with E-state index in [1.165, 1.54) is 21.9 Å². The monoisotopic (exact) mass is 349 g/mol. The van der Waals surface area contributed by atoms with Crippen LogP contribution in [0.3, 0.4) is 0 Å². The number of fused-ring (bicyclic) bond motifs is 1. The van der Waals surface area contributed by atoms with E-state index >= 15 is 0 Å². The SMILES string of the molecule is CCOC(=O)C[C@H]1CCCCN1C(=O)c1cnc2sccn2c1=O. The van der Waals surface area contributed by atoms with Crippen molar-refractivity contribution < 1.29 is 14.3 Å². The van der Waals surface area contributed by atoms with Crippen LogP contribution in [0, 0.1) is 0 Å². The van der Waals surface area contributed by atoms with Crippen LogP contribution in [0.2, 0.25) is 0 Å². The lowest BCUT2D eigenvalue weighted by Gasteiger charge is -2.35. The first kappa shape index (κ1) is 16.6. The summed E-state index contributed by atoms with van der Waals surface area (Å²) in [5.74, 6) is -0.674. The van der Waals surface area contributed by atoms with Crippen LogP contribution >= 0.6 is 11.3 Å². The highest BCUT2D eigenvalue weighted by Crippen LogP contribution is 2.22. The molecule has 1 amide bonds. The molecule has 1 saturated heterocycles. The fourth-order valence-corrected chi connectivity index (χ4v) is 3.69. The summed E-state index contributed by atoms with van der Waals surface area (Å²) in [6.45, 7) is 2.61. The third-order valence-corrected chi connectivity index (χ3v) is 4.94. The number of hydrogen-bond acceptors (Lipinski definition) is 6. The molecule has 0 unspecified atom stereocenters. The van der Waals surface area contributed by atoms with Crippen LogP contribution < -0.4 is 5.56 Å². The summed E-state index contributed by atoms with van der Waals surface area (Å²) in [5.41, 5.74) is -0.326. The minimum atomic E-state index is -0.369. The van der Waals surface area contributed by atoms with Crippen LogP contribution in [0.5, 0.6) is 0 Å². The molecule has 1 aliphatic heterocycles. The first-order chi connectivity index (χ1) is 11.6. The van der Waals surface area contributed by atoms with Gasteiger partial charge in [0.15, 0.2) is 4.96 Å². The molecule has 0 N–H and O–H groups in total. The van der Waals surface area contributed by atoms with E-state index in [0.717, 1.165) is 19.3 Å². The number of amides is 1. The lowest BCUT2D eigenvalue weighted by molar-refractivity contribution is -0.144. The smallest absolute Gasteiger partial charge is 0.307 e. The summed E-state index contributed by atoms with van der Waals surface area (Å²) in [6.07, 6.45) is 5.66. The van der Waals surface area contributed by atoms with Crippen molar-refractivity contribution in [3.05, 3.63) is 33.7 Å². The average Bonchev–Trinajstić information content (AvgIpc) is 3.05. The Bertz CT molecular complexity index is 813. The number of thiazole rings is 1. The number of hydrogen-bond donors (Lipinski definition) is 0. The van der Waals surface area contributed by atoms with Crippen LogP contribution in [-0.4, -0.2) is 45.4 Å². The molecule has 2 aromatic heterocycles. The second-order valence-corrected chi connectivity index (χ2v) is 6.56. The van der Waals surface area contributed by atoms with Crippen LogP contribution in [0.25, 0.3) is 4.96 Å². The fraction of sp³-hybridized carbons (Fsp3) is 0.500. The number of rotatable bonds is 4. The molecule has 7 nitrogen and oxygen atoms in total. The third kappa shape index (κ3) is 3.19. The number of esters is 1. The quantitative estimate of drug-likeness (QED) is 0.785. The number of likely N-dealkylation sites (tertiary alicyclic amines) is 1. The maximum atomic E-state index is 12.9. The maximum absolute atomic E-state index is 12.9. The molecule has 1 aliphatic rings. The molecule has 2 aromatic rings. The van der Waals surface area contributed by atoms with E-state index in [1.54, 1.807) is 23.4 Å². The molecule has 128 valence electrons. The van der Waals surface area contributed by atoms with Crippen molar-refractivity contribution in [3.8, 4) is 0 Å². The predicted octanol–water partition coefficient (Wildman–Crippen LogP) is 1.70. The Morgan fingerprint density at radius 1 is 1.42 bits per heavy atom. The Balaban J connectivity index is 1.86. The minimum absolute atomic E-state index is 0.0432. The van der Waals surface area contributed by atoms with Crippen LogP contribution in [0.4, 0.5) is 0 Å². The molecule has 3 rings (SSSR count). The molecule has 3 heterocycles. The largest absolute Gasteiger partial charge is 0.466 e. The van der Waals surface area contributed by atoms with Crippen LogP contribution in [0.15, 0.2) is 22.6 Å². The van der Waals surface area contributed by atoms with Crippen molar-refractivity contribution in [1.29, 1.82) is 0 Å². The average molecular weight is 349 g/mol.